The van der Waals surface area contributed by atoms with E-state index in [1.165, 1.54) is 0 Å². The van der Waals surface area contributed by atoms with Gasteiger partial charge in [-0.15, -0.1) is 0 Å². The van der Waals surface area contributed by atoms with Gasteiger partial charge in [0, 0.05) is 5.56 Å². The standard InChI is InChI=1S/C19H22N2O4/c1-4-11-25-16-8-6-15(7-9-16)19(22)21-20-13-14-5-10-17(23-2)18(12-14)24-3/h5-10,12-13H,4,11H2,1-3H3,(H,21,22)/b20-13+. The molecule has 0 fully saturated rings. The summed E-state index contributed by atoms with van der Waals surface area (Å²) >= 11 is 0. The molecule has 0 saturated heterocycles. The van der Waals surface area contributed by atoms with Crippen molar-refractivity contribution in [2.75, 3.05) is 20.8 Å². The lowest BCUT2D eigenvalue weighted by Gasteiger charge is -2.07. The first kappa shape index (κ1) is 18.3. The summed E-state index contributed by atoms with van der Waals surface area (Å²) < 4.78 is 15.9. The number of methoxy groups -OCH3 is 2. The van der Waals surface area contributed by atoms with E-state index in [1.54, 1.807) is 56.8 Å². The quantitative estimate of drug-likeness (QED) is 0.590. The lowest BCUT2D eigenvalue weighted by Crippen LogP contribution is -2.17. The van der Waals surface area contributed by atoms with Crippen molar-refractivity contribution >= 4 is 12.1 Å². The molecule has 0 saturated carbocycles. The maximum Gasteiger partial charge on any atom is 0.271 e. The van der Waals surface area contributed by atoms with Gasteiger partial charge in [-0.2, -0.15) is 5.10 Å². The molecule has 2 rings (SSSR count). The molecule has 0 unspecified atom stereocenters. The molecule has 1 amide bonds. The van der Waals surface area contributed by atoms with Crippen LogP contribution < -0.4 is 19.6 Å². The van der Waals surface area contributed by atoms with Crippen molar-refractivity contribution in [3.63, 3.8) is 0 Å². The van der Waals surface area contributed by atoms with Crippen LogP contribution in [-0.2, 0) is 0 Å². The molecule has 132 valence electrons. The van der Waals surface area contributed by atoms with Crippen molar-refractivity contribution in [2.24, 2.45) is 5.10 Å². The van der Waals surface area contributed by atoms with Gasteiger partial charge < -0.3 is 14.2 Å². The molecule has 2 aromatic carbocycles. The molecule has 1 N–H and O–H groups in total. The second kappa shape index (κ2) is 9.32. The Bertz CT molecular complexity index is 727. The summed E-state index contributed by atoms with van der Waals surface area (Å²) in [5.74, 6) is 1.68. The van der Waals surface area contributed by atoms with Gasteiger partial charge in [-0.25, -0.2) is 5.43 Å². The van der Waals surface area contributed by atoms with Crippen LogP contribution in [0.15, 0.2) is 47.6 Å². The second-order valence-corrected chi connectivity index (χ2v) is 5.19. The largest absolute Gasteiger partial charge is 0.494 e. The predicted octanol–water partition coefficient (Wildman–Crippen LogP) is 3.26. The Hall–Kier alpha value is -3.02. The zero-order valence-corrected chi connectivity index (χ0v) is 14.6. The van der Waals surface area contributed by atoms with Crippen molar-refractivity contribution < 1.29 is 19.0 Å². The molecule has 0 heterocycles. The van der Waals surface area contributed by atoms with Crippen LogP contribution in [0.25, 0.3) is 0 Å². The SMILES string of the molecule is CCCOc1ccc(C(=O)N/N=C/c2ccc(OC)c(OC)c2)cc1. The summed E-state index contributed by atoms with van der Waals surface area (Å²) in [5.41, 5.74) is 3.78. The molecule has 0 aromatic heterocycles. The number of nitrogens with one attached hydrogen (secondary N) is 1. The topological polar surface area (TPSA) is 69.2 Å². The fourth-order valence-electron chi connectivity index (χ4n) is 2.09. The van der Waals surface area contributed by atoms with Crippen LogP contribution in [-0.4, -0.2) is 32.9 Å². The molecule has 25 heavy (non-hydrogen) atoms. The highest BCUT2D eigenvalue weighted by molar-refractivity contribution is 5.95. The van der Waals surface area contributed by atoms with Gasteiger partial charge in [0.05, 0.1) is 27.0 Å². The summed E-state index contributed by atoms with van der Waals surface area (Å²) in [7, 11) is 3.14. The monoisotopic (exact) mass is 342 g/mol. The highest BCUT2D eigenvalue weighted by Gasteiger charge is 2.05. The average Bonchev–Trinajstić information content (AvgIpc) is 2.66. The number of rotatable bonds is 8. The second-order valence-electron chi connectivity index (χ2n) is 5.19. The van der Waals surface area contributed by atoms with Gasteiger partial charge in [0.1, 0.15) is 5.75 Å². The third-order valence-electron chi connectivity index (χ3n) is 3.38. The minimum atomic E-state index is -0.293. The zero-order valence-electron chi connectivity index (χ0n) is 14.6. The number of hydrazone groups is 1. The maximum atomic E-state index is 12.1. The third kappa shape index (κ3) is 5.24. The van der Waals surface area contributed by atoms with Gasteiger partial charge in [0.2, 0.25) is 0 Å². The lowest BCUT2D eigenvalue weighted by atomic mass is 10.2. The predicted molar refractivity (Wildman–Crippen MR) is 96.8 cm³/mol. The third-order valence-corrected chi connectivity index (χ3v) is 3.38. The minimum Gasteiger partial charge on any atom is -0.494 e. The van der Waals surface area contributed by atoms with Crippen LogP contribution >= 0.6 is 0 Å². The Labute approximate surface area is 147 Å². The van der Waals surface area contributed by atoms with Crippen LogP contribution in [0.2, 0.25) is 0 Å². The Kier molecular flexibility index (Phi) is 6.83. The van der Waals surface area contributed by atoms with Crippen molar-refractivity contribution in [3.8, 4) is 17.2 Å². The molecule has 0 radical (unpaired) electrons. The van der Waals surface area contributed by atoms with E-state index >= 15 is 0 Å². The van der Waals surface area contributed by atoms with E-state index in [0.717, 1.165) is 17.7 Å². The van der Waals surface area contributed by atoms with Gasteiger partial charge in [-0.3, -0.25) is 4.79 Å². The first-order valence-corrected chi connectivity index (χ1v) is 7.96. The van der Waals surface area contributed by atoms with E-state index in [-0.39, 0.29) is 5.91 Å². The normalized spacial score (nSPS) is 10.5. The number of hydrogen-bond acceptors (Lipinski definition) is 5. The number of hydrogen-bond donors (Lipinski definition) is 1. The summed E-state index contributed by atoms with van der Waals surface area (Å²) in [6, 6.07) is 12.3. The van der Waals surface area contributed by atoms with Crippen LogP contribution in [0.3, 0.4) is 0 Å². The minimum absolute atomic E-state index is 0.293. The smallest absolute Gasteiger partial charge is 0.271 e. The van der Waals surface area contributed by atoms with E-state index in [0.29, 0.717) is 23.7 Å². The number of benzene rings is 2. The van der Waals surface area contributed by atoms with Gasteiger partial charge in [-0.05, 0) is 54.4 Å². The number of carbonyl (C=O) groups is 1. The van der Waals surface area contributed by atoms with Crippen molar-refractivity contribution in [1.82, 2.24) is 5.43 Å². The van der Waals surface area contributed by atoms with Gasteiger partial charge >= 0.3 is 0 Å². The number of nitrogens with zero attached hydrogens (tertiary/aromatic N) is 1. The summed E-state index contributed by atoms with van der Waals surface area (Å²) in [6.07, 6.45) is 2.48. The van der Waals surface area contributed by atoms with E-state index < -0.39 is 0 Å². The van der Waals surface area contributed by atoms with Crippen molar-refractivity contribution in [2.45, 2.75) is 13.3 Å². The fraction of sp³-hybridized carbons (Fsp3) is 0.263. The maximum absolute atomic E-state index is 12.1. The van der Waals surface area contributed by atoms with E-state index in [2.05, 4.69) is 10.5 Å². The highest BCUT2D eigenvalue weighted by atomic mass is 16.5. The van der Waals surface area contributed by atoms with Gasteiger partial charge in [-0.1, -0.05) is 6.92 Å². The molecule has 0 bridgehead atoms. The Morgan fingerprint density at radius 1 is 1.08 bits per heavy atom. The first-order valence-electron chi connectivity index (χ1n) is 7.96. The van der Waals surface area contributed by atoms with E-state index in [9.17, 15) is 4.79 Å². The van der Waals surface area contributed by atoms with Crippen LogP contribution in [0, 0.1) is 0 Å². The van der Waals surface area contributed by atoms with E-state index in [1.807, 2.05) is 13.0 Å². The Balaban J connectivity index is 1.96. The van der Waals surface area contributed by atoms with Gasteiger partial charge in [0.15, 0.2) is 11.5 Å². The molecule has 0 aliphatic heterocycles. The molecule has 2 aromatic rings. The molecule has 0 aliphatic rings. The summed E-state index contributed by atoms with van der Waals surface area (Å²) in [4.78, 5) is 12.1. The molecule has 6 nitrogen and oxygen atoms in total. The van der Waals surface area contributed by atoms with Crippen LogP contribution in [0.5, 0.6) is 17.2 Å². The van der Waals surface area contributed by atoms with Crippen molar-refractivity contribution in [1.29, 1.82) is 0 Å². The first-order chi connectivity index (χ1) is 12.2. The Morgan fingerprint density at radius 2 is 1.80 bits per heavy atom. The molecular formula is C19H22N2O4. The molecule has 0 atom stereocenters. The number of amides is 1. The number of ether oxygens (including phenoxy) is 3. The fourth-order valence-corrected chi connectivity index (χ4v) is 2.09. The molecule has 6 heteroatoms. The van der Waals surface area contributed by atoms with Crippen LogP contribution in [0.4, 0.5) is 0 Å². The van der Waals surface area contributed by atoms with Crippen LogP contribution in [0.1, 0.15) is 29.3 Å². The van der Waals surface area contributed by atoms with Crippen molar-refractivity contribution in [3.05, 3.63) is 53.6 Å². The summed E-state index contributed by atoms with van der Waals surface area (Å²) in [5, 5.41) is 3.97. The van der Waals surface area contributed by atoms with E-state index in [4.69, 9.17) is 14.2 Å². The molecular weight excluding hydrogens is 320 g/mol. The molecule has 0 spiro atoms. The lowest BCUT2D eigenvalue weighted by molar-refractivity contribution is 0.0955. The highest BCUT2D eigenvalue weighted by Crippen LogP contribution is 2.26. The van der Waals surface area contributed by atoms with Gasteiger partial charge in [0.25, 0.3) is 5.91 Å². The molecule has 0 aliphatic carbocycles. The zero-order chi connectivity index (χ0) is 18.1. The Morgan fingerprint density at radius 3 is 2.44 bits per heavy atom. The average molecular weight is 342 g/mol. The number of carbonyl (C=O) groups excluding carboxylic acids is 1. The summed E-state index contributed by atoms with van der Waals surface area (Å²) in [6.45, 7) is 2.69.